The van der Waals surface area contributed by atoms with Crippen LogP contribution in [0.1, 0.15) is 30.0 Å². The van der Waals surface area contributed by atoms with Crippen LogP contribution in [0.5, 0.6) is 5.75 Å². The normalized spacial score (nSPS) is 24.7. The van der Waals surface area contributed by atoms with E-state index in [1.807, 2.05) is 30.9 Å². The maximum absolute atomic E-state index is 12.9. The molecule has 4 rings (SSSR count). The lowest BCUT2D eigenvalue weighted by molar-refractivity contribution is -0.143. The minimum Gasteiger partial charge on any atom is -0.495 e. The van der Waals surface area contributed by atoms with E-state index in [1.165, 1.54) is 5.57 Å². The second-order valence-corrected chi connectivity index (χ2v) is 9.31. The van der Waals surface area contributed by atoms with Crippen molar-refractivity contribution in [2.45, 2.75) is 26.7 Å². The van der Waals surface area contributed by atoms with Crippen molar-refractivity contribution in [1.82, 2.24) is 9.80 Å². The van der Waals surface area contributed by atoms with Crippen LogP contribution in [0.3, 0.4) is 0 Å². The smallest absolute Gasteiger partial charge is 0.316 e. The third kappa shape index (κ3) is 4.67. The molecule has 1 amide bonds. The van der Waals surface area contributed by atoms with Crippen LogP contribution in [-0.2, 0) is 20.7 Å². The van der Waals surface area contributed by atoms with E-state index in [1.54, 1.807) is 13.2 Å². The summed E-state index contributed by atoms with van der Waals surface area (Å²) >= 11 is 0. The number of nitriles is 1. The number of piperazine rings is 1. The van der Waals surface area contributed by atoms with Gasteiger partial charge in [0.15, 0.2) is 0 Å². The second kappa shape index (κ2) is 9.40. The van der Waals surface area contributed by atoms with Crippen LogP contribution >= 0.6 is 0 Å². The Labute approximate surface area is 195 Å². The summed E-state index contributed by atoms with van der Waals surface area (Å²) in [5.41, 5.74) is 2.95. The first-order chi connectivity index (χ1) is 15.8. The first kappa shape index (κ1) is 23.1. The summed E-state index contributed by atoms with van der Waals surface area (Å²) in [6.45, 7) is 8.33. The molecule has 1 aromatic carbocycles. The van der Waals surface area contributed by atoms with Crippen molar-refractivity contribution < 1.29 is 19.1 Å². The molecule has 2 fully saturated rings. The van der Waals surface area contributed by atoms with Crippen molar-refractivity contribution in [3.05, 3.63) is 52.6 Å². The zero-order valence-electron chi connectivity index (χ0n) is 19.6. The highest BCUT2D eigenvalue weighted by atomic mass is 16.5. The zero-order chi connectivity index (χ0) is 23.6. The lowest BCUT2D eigenvalue weighted by atomic mass is 9.75. The van der Waals surface area contributed by atoms with Crippen LogP contribution in [-0.4, -0.2) is 68.1 Å². The zero-order valence-corrected chi connectivity index (χ0v) is 19.6. The number of cyclic esters (lactones) is 1. The number of esters is 1. The molecular formula is C26H31N3O4. The molecule has 0 spiro atoms. The highest BCUT2D eigenvalue weighted by Gasteiger charge is 2.46. The Balaban J connectivity index is 1.26. The minimum absolute atomic E-state index is 0.101. The number of ether oxygens (including phenoxy) is 2. The van der Waals surface area contributed by atoms with Gasteiger partial charge in [0.1, 0.15) is 11.8 Å². The second-order valence-electron chi connectivity index (χ2n) is 9.31. The van der Waals surface area contributed by atoms with E-state index in [0.717, 1.165) is 37.2 Å². The number of carbonyl (C=O) groups is 2. The minimum atomic E-state index is -0.507. The average molecular weight is 450 g/mol. The summed E-state index contributed by atoms with van der Waals surface area (Å²) in [5, 5.41) is 9.28. The predicted molar refractivity (Wildman–Crippen MR) is 124 cm³/mol. The third-order valence-electron chi connectivity index (χ3n) is 7.15. The van der Waals surface area contributed by atoms with Gasteiger partial charge in [0.05, 0.1) is 31.1 Å². The summed E-state index contributed by atoms with van der Waals surface area (Å²) in [7, 11) is 1.54. The molecule has 1 aliphatic carbocycles. The molecule has 1 aromatic rings. The molecule has 2 heterocycles. The molecule has 0 saturated carbocycles. The van der Waals surface area contributed by atoms with Gasteiger partial charge in [0.25, 0.3) is 0 Å². The number of aryl methyl sites for hydroxylation is 1. The highest BCUT2D eigenvalue weighted by Crippen LogP contribution is 2.41. The summed E-state index contributed by atoms with van der Waals surface area (Å²) in [6.07, 6.45) is 7.49. The number of rotatable bonds is 6. The number of allylic oxidation sites excluding steroid dienone is 1. The number of nitrogens with zero attached hydrogens (tertiary/aromatic N) is 3. The Bertz CT molecular complexity index is 1050. The van der Waals surface area contributed by atoms with E-state index >= 15 is 0 Å². The van der Waals surface area contributed by atoms with E-state index in [0.29, 0.717) is 37.4 Å². The molecule has 2 aliphatic heterocycles. The maximum Gasteiger partial charge on any atom is 0.316 e. The maximum atomic E-state index is 12.9. The molecule has 7 nitrogen and oxygen atoms in total. The number of hydrogen-bond donors (Lipinski definition) is 0. The molecule has 3 aliphatic rings. The van der Waals surface area contributed by atoms with E-state index in [4.69, 9.17) is 9.47 Å². The van der Waals surface area contributed by atoms with Crippen LogP contribution in [0, 0.1) is 29.6 Å². The molecule has 0 radical (unpaired) electrons. The fourth-order valence-corrected chi connectivity index (χ4v) is 4.85. The molecule has 33 heavy (non-hydrogen) atoms. The first-order valence-corrected chi connectivity index (χ1v) is 11.5. The number of amides is 1. The van der Waals surface area contributed by atoms with E-state index < -0.39 is 5.41 Å². The Hall–Kier alpha value is -3.11. The van der Waals surface area contributed by atoms with Crippen LogP contribution < -0.4 is 4.74 Å². The van der Waals surface area contributed by atoms with Crippen LogP contribution in [0.15, 0.2) is 35.9 Å². The van der Waals surface area contributed by atoms with E-state index in [-0.39, 0.29) is 17.8 Å². The van der Waals surface area contributed by atoms with Crippen molar-refractivity contribution in [2.75, 3.05) is 46.4 Å². The van der Waals surface area contributed by atoms with Crippen molar-refractivity contribution in [3.8, 4) is 11.8 Å². The number of hydrogen-bond acceptors (Lipinski definition) is 6. The number of carbonyl (C=O) groups excluding carboxylic acids is 2. The lowest BCUT2D eigenvalue weighted by Gasteiger charge is -2.35. The Morgan fingerprint density at radius 3 is 2.76 bits per heavy atom. The SMILES string of the molecule is COc1cc(CC(=O)N2CCN(CCC3=CC4COC(=O)C4(C)C=C3)CC2)cc(C)c1C#N. The summed E-state index contributed by atoms with van der Waals surface area (Å²) in [5.74, 6) is 0.618. The largest absolute Gasteiger partial charge is 0.495 e. The van der Waals surface area contributed by atoms with Gasteiger partial charge in [0.2, 0.25) is 5.91 Å². The molecule has 0 aromatic heterocycles. The molecule has 0 bridgehead atoms. The molecule has 2 atom stereocenters. The predicted octanol–water partition coefficient (Wildman–Crippen LogP) is 2.63. The van der Waals surface area contributed by atoms with Crippen molar-refractivity contribution in [3.63, 3.8) is 0 Å². The van der Waals surface area contributed by atoms with Gasteiger partial charge in [-0.05, 0) is 37.5 Å². The Kier molecular flexibility index (Phi) is 6.57. The van der Waals surface area contributed by atoms with Crippen molar-refractivity contribution >= 4 is 11.9 Å². The van der Waals surface area contributed by atoms with Gasteiger partial charge in [-0.1, -0.05) is 29.9 Å². The summed E-state index contributed by atoms with van der Waals surface area (Å²) in [4.78, 5) is 29.1. The number of fused-ring (bicyclic) bond motifs is 1. The van der Waals surface area contributed by atoms with Gasteiger partial charge in [0, 0.05) is 38.6 Å². The van der Waals surface area contributed by atoms with Crippen molar-refractivity contribution in [2.24, 2.45) is 11.3 Å². The highest BCUT2D eigenvalue weighted by molar-refractivity contribution is 5.82. The summed E-state index contributed by atoms with van der Waals surface area (Å²) in [6, 6.07) is 5.85. The van der Waals surface area contributed by atoms with Crippen LogP contribution in [0.4, 0.5) is 0 Å². The standard InChI is InChI=1S/C26H31N3O4/c1-18-12-20(14-23(32-3)22(18)16-27)15-24(30)29-10-8-28(9-11-29)7-5-19-4-6-26(2)21(13-19)17-33-25(26)31/h4,6,12-14,21H,5,7-11,15,17H2,1-3H3. The Morgan fingerprint density at radius 2 is 2.06 bits per heavy atom. The fraction of sp³-hybridized carbons (Fsp3) is 0.500. The van der Waals surface area contributed by atoms with Gasteiger partial charge in [-0.3, -0.25) is 14.5 Å². The van der Waals surface area contributed by atoms with Crippen LogP contribution in [0.2, 0.25) is 0 Å². The lowest BCUT2D eigenvalue weighted by Crippen LogP contribution is -2.49. The van der Waals surface area contributed by atoms with Gasteiger partial charge in [-0.2, -0.15) is 5.26 Å². The monoisotopic (exact) mass is 449 g/mol. The molecule has 7 heteroatoms. The number of methoxy groups -OCH3 is 1. The third-order valence-corrected chi connectivity index (χ3v) is 7.15. The van der Waals surface area contributed by atoms with Crippen molar-refractivity contribution in [1.29, 1.82) is 5.26 Å². The Morgan fingerprint density at radius 1 is 1.30 bits per heavy atom. The first-order valence-electron chi connectivity index (χ1n) is 11.5. The molecular weight excluding hydrogens is 418 g/mol. The topological polar surface area (TPSA) is 82.9 Å². The van der Waals surface area contributed by atoms with Gasteiger partial charge >= 0.3 is 5.97 Å². The molecule has 174 valence electrons. The fourth-order valence-electron chi connectivity index (χ4n) is 4.85. The van der Waals surface area contributed by atoms with Crippen LogP contribution in [0.25, 0.3) is 0 Å². The molecule has 2 saturated heterocycles. The summed E-state index contributed by atoms with van der Waals surface area (Å²) < 4.78 is 10.6. The van der Waals surface area contributed by atoms with Gasteiger partial charge < -0.3 is 14.4 Å². The number of benzene rings is 1. The molecule has 0 N–H and O–H groups in total. The average Bonchev–Trinajstić information content (AvgIpc) is 3.11. The van der Waals surface area contributed by atoms with E-state index in [2.05, 4.69) is 23.1 Å². The molecule has 2 unspecified atom stereocenters. The van der Waals surface area contributed by atoms with E-state index in [9.17, 15) is 14.9 Å². The quantitative estimate of drug-likeness (QED) is 0.621. The van der Waals surface area contributed by atoms with Gasteiger partial charge in [-0.15, -0.1) is 0 Å². The van der Waals surface area contributed by atoms with Gasteiger partial charge in [-0.25, -0.2) is 0 Å².